The zero-order chi connectivity index (χ0) is 14.4. The minimum atomic E-state index is 0.294. The maximum atomic E-state index is 5.33. The molecule has 0 fully saturated rings. The van der Waals surface area contributed by atoms with Gasteiger partial charge < -0.3 is 9.73 Å². The van der Waals surface area contributed by atoms with Crippen molar-refractivity contribution >= 4 is 11.8 Å². The lowest BCUT2D eigenvalue weighted by atomic mass is 10.0. The maximum Gasteiger partial charge on any atom is 0.255 e. The lowest BCUT2D eigenvalue weighted by Crippen LogP contribution is -2.28. The molecule has 108 valence electrons. The van der Waals surface area contributed by atoms with E-state index in [1.807, 2.05) is 0 Å². The smallest absolute Gasteiger partial charge is 0.255 e. The van der Waals surface area contributed by atoms with Crippen molar-refractivity contribution in [2.75, 3.05) is 6.54 Å². The molecule has 1 aromatic carbocycles. The average Bonchev–Trinajstić information content (AvgIpc) is 2.97. The number of oxazole rings is 1. The summed E-state index contributed by atoms with van der Waals surface area (Å²) in [5, 5.41) is 4.63. The number of nitrogens with one attached hydrogen (secondary N) is 1. The number of nitrogens with zero attached hydrogens (tertiary/aromatic N) is 1. The molecule has 0 radical (unpaired) electrons. The standard InChI is InChI=1S/C16H22N2OS/c1-4-13-6-8-14(9-7-13)15(17-5-2)12(3)20-16-18-10-11-19-16/h6-12,15,17H,4-5H2,1-3H3. The van der Waals surface area contributed by atoms with Crippen LogP contribution in [0.4, 0.5) is 0 Å². The first-order valence-electron chi connectivity index (χ1n) is 7.13. The number of hydrogen-bond acceptors (Lipinski definition) is 4. The molecule has 20 heavy (non-hydrogen) atoms. The first kappa shape index (κ1) is 15.1. The van der Waals surface area contributed by atoms with Crippen molar-refractivity contribution in [1.29, 1.82) is 0 Å². The van der Waals surface area contributed by atoms with Crippen LogP contribution >= 0.6 is 11.8 Å². The number of aromatic nitrogens is 1. The van der Waals surface area contributed by atoms with Crippen LogP contribution in [-0.4, -0.2) is 16.8 Å². The monoisotopic (exact) mass is 290 g/mol. The highest BCUT2D eigenvalue weighted by atomic mass is 32.2. The topological polar surface area (TPSA) is 38.1 Å². The highest BCUT2D eigenvalue weighted by molar-refractivity contribution is 7.99. The van der Waals surface area contributed by atoms with Gasteiger partial charge in [0.15, 0.2) is 0 Å². The second-order valence-electron chi connectivity index (χ2n) is 4.75. The summed E-state index contributed by atoms with van der Waals surface area (Å²) in [5.41, 5.74) is 2.69. The average molecular weight is 290 g/mol. The quantitative estimate of drug-likeness (QED) is 0.780. The van der Waals surface area contributed by atoms with Crippen molar-refractivity contribution in [2.45, 2.75) is 43.7 Å². The van der Waals surface area contributed by atoms with E-state index >= 15 is 0 Å². The predicted octanol–water partition coefficient (Wildman–Crippen LogP) is 4.07. The summed E-state index contributed by atoms with van der Waals surface area (Å²) in [7, 11) is 0. The van der Waals surface area contributed by atoms with E-state index in [2.05, 4.69) is 55.3 Å². The normalized spacial score (nSPS) is 14.2. The zero-order valence-corrected chi connectivity index (χ0v) is 13.1. The molecular weight excluding hydrogens is 268 g/mol. The number of benzene rings is 1. The SMILES string of the molecule is CCNC(c1ccc(CC)cc1)C(C)Sc1ncco1. The van der Waals surface area contributed by atoms with Gasteiger partial charge in [-0.25, -0.2) is 4.98 Å². The van der Waals surface area contributed by atoms with Gasteiger partial charge in [-0.05, 0) is 24.1 Å². The third kappa shape index (κ3) is 3.87. The van der Waals surface area contributed by atoms with Crippen molar-refractivity contribution in [3.63, 3.8) is 0 Å². The van der Waals surface area contributed by atoms with Crippen LogP contribution in [0.2, 0.25) is 0 Å². The summed E-state index contributed by atoms with van der Waals surface area (Å²) < 4.78 is 5.33. The lowest BCUT2D eigenvalue weighted by Gasteiger charge is -2.24. The number of thioether (sulfide) groups is 1. The van der Waals surface area contributed by atoms with Crippen LogP contribution in [0.1, 0.15) is 37.9 Å². The predicted molar refractivity (Wildman–Crippen MR) is 84.1 cm³/mol. The van der Waals surface area contributed by atoms with E-state index in [0.717, 1.165) is 18.2 Å². The molecular formula is C16H22N2OS. The Morgan fingerprint density at radius 3 is 2.55 bits per heavy atom. The van der Waals surface area contributed by atoms with Crippen LogP contribution in [0, 0.1) is 0 Å². The molecule has 1 aromatic heterocycles. The molecule has 0 aliphatic heterocycles. The molecule has 0 aliphatic rings. The Hall–Kier alpha value is -1.26. The molecule has 2 atom stereocenters. The second kappa shape index (κ2) is 7.50. The van der Waals surface area contributed by atoms with Crippen LogP contribution in [0.25, 0.3) is 0 Å². The van der Waals surface area contributed by atoms with Crippen molar-refractivity contribution < 1.29 is 4.42 Å². The Balaban J connectivity index is 2.11. The third-order valence-electron chi connectivity index (χ3n) is 3.34. The van der Waals surface area contributed by atoms with Crippen molar-refractivity contribution in [3.05, 3.63) is 47.9 Å². The minimum Gasteiger partial charge on any atom is -0.440 e. The fourth-order valence-corrected chi connectivity index (χ4v) is 3.17. The van der Waals surface area contributed by atoms with Crippen LogP contribution in [-0.2, 0) is 6.42 Å². The molecule has 1 heterocycles. The maximum absolute atomic E-state index is 5.33. The Labute approximate surface area is 125 Å². The van der Waals surface area contributed by atoms with Crippen LogP contribution in [0.15, 0.2) is 46.4 Å². The summed E-state index contributed by atoms with van der Waals surface area (Å²) in [5.74, 6) is 0. The molecule has 1 N–H and O–H groups in total. The van der Waals surface area contributed by atoms with Crippen molar-refractivity contribution in [2.24, 2.45) is 0 Å². The number of hydrogen-bond donors (Lipinski definition) is 1. The van der Waals surface area contributed by atoms with Gasteiger partial charge in [0.05, 0.1) is 6.20 Å². The van der Waals surface area contributed by atoms with Gasteiger partial charge in [0.25, 0.3) is 5.22 Å². The summed E-state index contributed by atoms with van der Waals surface area (Å²) in [6.45, 7) is 7.46. The third-order valence-corrected chi connectivity index (χ3v) is 4.38. The van der Waals surface area contributed by atoms with Crippen molar-refractivity contribution in [1.82, 2.24) is 10.3 Å². The molecule has 0 aliphatic carbocycles. The second-order valence-corrected chi connectivity index (χ2v) is 6.08. The molecule has 2 unspecified atom stereocenters. The van der Waals surface area contributed by atoms with Crippen LogP contribution in [0.3, 0.4) is 0 Å². The van der Waals surface area contributed by atoms with Gasteiger partial charge in [0, 0.05) is 11.3 Å². The Morgan fingerprint density at radius 1 is 1.25 bits per heavy atom. The van der Waals surface area contributed by atoms with Crippen LogP contribution in [0.5, 0.6) is 0 Å². The molecule has 0 saturated carbocycles. The van der Waals surface area contributed by atoms with Gasteiger partial charge in [-0.3, -0.25) is 0 Å². The lowest BCUT2D eigenvalue weighted by molar-refractivity contribution is 0.450. The number of aryl methyl sites for hydroxylation is 1. The van der Waals surface area contributed by atoms with Crippen LogP contribution < -0.4 is 5.32 Å². The Kier molecular flexibility index (Phi) is 5.68. The molecule has 2 aromatic rings. The zero-order valence-electron chi connectivity index (χ0n) is 12.3. The molecule has 0 bridgehead atoms. The van der Waals surface area contributed by atoms with Gasteiger partial charge in [-0.2, -0.15) is 0 Å². The van der Waals surface area contributed by atoms with E-state index in [1.165, 1.54) is 11.1 Å². The first-order valence-corrected chi connectivity index (χ1v) is 8.01. The molecule has 0 amide bonds. The molecule has 4 heteroatoms. The summed E-state index contributed by atoms with van der Waals surface area (Å²) in [6.07, 6.45) is 4.38. The van der Waals surface area contributed by atoms with E-state index in [4.69, 9.17) is 4.42 Å². The van der Waals surface area contributed by atoms with E-state index < -0.39 is 0 Å². The van der Waals surface area contributed by atoms with Crippen molar-refractivity contribution in [3.8, 4) is 0 Å². The van der Waals surface area contributed by atoms with E-state index in [-0.39, 0.29) is 0 Å². The highest BCUT2D eigenvalue weighted by Crippen LogP contribution is 2.31. The van der Waals surface area contributed by atoms with Gasteiger partial charge in [0.1, 0.15) is 6.26 Å². The first-order chi connectivity index (χ1) is 9.74. The number of rotatable bonds is 7. The largest absolute Gasteiger partial charge is 0.440 e. The van der Waals surface area contributed by atoms with Gasteiger partial charge >= 0.3 is 0 Å². The van der Waals surface area contributed by atoms with Gasteiger partial charge in [-0.15, -0.1) is 0 Å². The Morgan fingerprint density at radius 2 is 2.00 bits per heavy atom. The van der Waals surface area contributed by atoms with E-state index in [1.54, 1.807) is 24.2 Å². The molecule has 2 rings (SSSR count). The molecule has 0 spiro atoms. The fraction of sp³-hybridized carbons (Fsp3) is 0.438. The van der Waals surface area contributed by atoms with Gasteiger partial charge in [-0.1, -0.05) is 56.8 Å². The minimum absolute atomic E-state index is 0.294. The van der Waals surface area contributed by atoms with Gasteiger partial charge in [0.2, 0.25) is 0 Å². The summed E-state index contributed by atoms with van der Waals surface area (Å²) in [6, 6.07) is 9.16. The highest BCUT2D eigenvalue weighted by Gasteiger charge is 2.21. The van der Waals surface area contributed by atoms with E-state index in [0.29, 0.717) is 11.3 Å². The molecule has 0 saturated heterocycles. The summed E-state index contributed by atoms with van der Waals surface area (Å²) >= 11 is 1.66. The fourth-order valence-electron chi connectivity index (χ4n) is 2.23. The summed E-state index contributed by atoms with van der Waals surface area (Å²) in [4.78, 5) is 4.19. The van der Waals surface area contributed by atoms with E-state index in [9.17, 15) is 0 Å². The molecule has 3 nitrogen and oxygen atoms in total. The Bertz CT molecular complexity index is 496.